The minimum atomic E-state index is -5.64. The molecule has 3 saturated carbocycles. The number of hydrogen-bond donors (Lipinski definition) is 4. The molecule has 4 N–H and O–H groups in total. The van der Waals surface area contributed by atoms with Gasteiger partial charge < -0.3 is 30.3 Å². The smallest absolute Gasteiger partial charge is 0.496 e. The molecule has 0 spiro atoms. The van der Waals surface area contributed by atoms with Gasteiger partial charge in [-0.2, -0.15) is 13.2 Å². The molecule has 0 heterocycles. The van der Waals surface area contributed by atoms with Gasteiger partial charge in [0.1, 0.15) is 5.75 Å². The molecule has 16 heteroatoms. The lowest BCUT2D eigenvalue weighted by Gasteiger charge is -2.35. The van der Waals surface area contributed by atoms with Gasteiger partial charge in [-0.15, -0.1) is 0 Å². The van der Waals surface area contributed by atoms with Gasteiger partial charge in [0, 0.05) is 17.8 Å². The van der Waals surface area contributed by atoms with Gasteiger partial charge in [-0.25, -0.2) is 12.8 Å². The van der Waals surface area contributed by atoms with Gasteiger partial charge >= 0.3 is 11.5 Å². The molecule has 4 atom stereocenters. The Morgan fingerprint density at radius 2 is 1.70 bits per heavy atom. The maximum atomic E-state index is 15.0. The van der Waals surface area contributed by atoms with Crippen LogP contribution < -0.4 is 20.1 Å². The van der Waals surface area contributed by atoms with Gasteiger partial charge in [0.2, 0.25) is 5.91 Å². The molecule has 47 heavy (non-hydrogen) atoms. The number of carboxylic acids is 1. The third kappa shape index (κ3) is 6.62. The molecular weight excluding hydrogens is 652 g/mol. The Labute approximate surface area is 267 Å². The standard InChI is InChI=1S/C31H34F4N2O9S/c1-45-23-14-22(32)24(46-19-7-9-30(15-38,10-8-19)29(41)42)13-21(23)27(39)37-26-17-6-5-16(11-17)25(26)28(40)36-18-3-2-4-20(12-18)47(43,44)31(33,34)35/h2-4,12-14,16-17,19,25-26,38H,5-11,15H2,1H3,(H,36,40)(H,37,39)(H,41,42)/t16-,17+,19-,25+,26-,30+/m1/s1. The molecule has 2 aromatic rings. The van der Waals surface area contributed by atoms with Gasteiger partial charge in [-0.3, -0.25) is 14.4 Å². The number of alkyl halides is 3. The van der Waals surface area contributed by atoms with E-state index >= 15 is 4.39 Å². The zero-order valence-electron chi connectivity index (χ0n) is 25.2. The Hall–Kier alpha value is -3.92. The summed E-state index contributed by atoms with van der Waals surface area (Å²) in [6.07, 6.45) is 2.11. The summed E-state index contributed by atoms with van der Waals surface area (Å²) in [6.45, 7) is -0.537. The number of methoxy groups -OCH3 is 1. The second-order valence-electron chi connectivity index (χ2n) is 12.4. The minimum absolute atomic E-state index is 0.0815. The fraction of sp³-hybridized carbons (Fsp3) is 0.516. The molecule has 0 aliphatic heterocycles. The highest BCUT2D eigenvalue weighted by Crippen LogP contribution is 2.49. The van der Waals surface area contributed by atoms with Crippen molar-refractivity contribution in [2.75, 3.05) is 19.0 Å². The number of aliphatic carboxylic acids is 1. The number of amides is 2. The number of ether oxygens (including phenoxy) is 2. The second-order valence-corrected chi connectivity index (χ2v) is 14.3. The SMILES string of the molecule is COc1cc(F)c(O[C@H]2CC[C@@](CO)(C(=O)O)CC2)cc1C(=O)N[C@@H]1[C@H]2CC[C@H](C2)[C@@H]1C(=O)Nc1cccc(S(=O)(=O)C(F)(F)F)c1. The highest BCUT2D eigenvalue weighted by atomic mass is 32.2. The van der Waals surface area contributed by atoms with E-state index in [0.29, 0.717) is 19.3 Å². The molecule has 0 unspecified atom stereocenters. The van der Waals surface area contributed by atoms with Gasteiger partial charge in [0.15, 0.2) is 11.6 Å². The van der Waals surface area contributed by atoms with Crippen LogP contribution in [0.1, 0.15) is 55.3 Å². The van der Waals surface area contributed by atoms with Crippen molar-refractivity contribution in [2.45, 2.75) is 67.5 Å². The van der Waals surface area contributed by atoms with Gasteiger partial charge in [0.25, 0.3) is 15.7 Å². The summed E-state index contributed by atoms with van der Waals surface area (Å²) in [5.41, 5.74) is -7.06. The van der Waals surface area contributed by atoms with Crippen molar-refractivity contribution in [1.29, 1.82) is 0 Å². The Kier molecular flexibility index (Phi) is 9.48. The minimum Gasteiger partial charge on any atom is -0.496 e. The molecule has 5 rings (SSSR count). The van der Waals surface area contributed by atoms with Crippen LogP contribution in [0.2, 0.25) is 0 Å². The highest BCUT2D eigenvalue weighted by Gasteiger charge is 2.52. The Morgan fingerprint density at radius 1 is 1.02 bits per heavy atom. The third-order valence-corrected chi connectivity index (χ3v) is 11.2. The summed E-state index contributed by atoms with van der Waals surface area (Å²) in [5, 5.41) is 24.5. The van der Waals surface area contributed by atoms with E-state index in [9.17, 15) is 46.2 Å². The lowest BCUT2D eigenvalue weighted by Crippen LogP contribution is -2.48. The highest BCUT2D eigenvalue weighted by molar-refractivity contribution is 7.92. The number of hydrogen-bond acceptors (Lipinski definition) is 8. The monoisotopic (exact) mass is 686 g/mol. The second kappa shape index (κ2) is 12.9. The molecule has 2 bridgehead atoms. The maximum absolute atomic E-state index is 15.0. The normalized spacial score (nSPS) is 27.2. The lowest BCUT2D eigenvalue weighted by molar-refractivity contribution is -0.155. The first-order valence-electron chi connectivity index (χ1n) is 15.0. The zero-order valence-corrected chi connectivity index (χ0v) is 26.0. The molecule has 0 radical (unpaired) electrons. The van der Waals surface area contributed by atoms with Crippen LogP contribution in [0.3, 0.4) is 0 Å². The van der Waals surface area contributed by atoms with Gasteiger partial charge in [0.05, 0.1) is 41.6 Å². The van der Waals surface area contributed by atoms with Crippen LogP contribution in [-0.4, -0.2) is 67.8 Å². The van der Waals surface area contributed by atoms with Crippen LogP contribution in [0.15, 0.2) is 41.3 Å². The van der Waals surface area contributed by atoms with Crippen LogP contribution in [-0.2, 0) is 19.4 Å². The first kappa shape index (κ1) is 34.4. The molecule has 0 aromatic heterocycles. The number of rotatable bonds is 10. The zero-order chi connectivity index (χ0) is 34.3. The first-order chi connectivity index (χ1) is 22.1. The lowest BCUT2D eigenvalue weighted by atomic mass is 9.74. The molecular formula is C31H34F4N2O9S. The van der Waals surface area contributed by atoms with Crippen molar-refractivity contribution < 1.29 is 60.0 Å². The van der Waals surface area contributed by atoms with Crippen molar-refractivity contribution in [3.05, 3.63) is 47.8 Å². The Morgan fingerprint density at radius 3 is 2.32 bits per heavy atom. The number of anilines is 1. The molecule has 3 aliphatic carbocycles. The van der Waals surface area contributed by atoms with Gasteiger partial charge in [-0.05, 0) is 81.0 Å². The van der Waals surface area contributed by atoms with E-state index in [0.717, 1.165) is 24.3 Å². The van der Waals surface area contributed by atoms with Crippen LogP contribution in [0, 0.1) is 29.0 Å². The van der Waals surface area contributed by atoms with Gasteiger partial charge in [-0.1, -0.05) is 6.07 Å². The fourth-order valence-electron chi connectivity index (χ4n) is 7.06. The summed E-state index contributed by atoms with van der Waals surface area (Å²) in [7, 11) is -4.40. The Balaban J connectivity index is 1.32. The molecule has 11 nitrogen and oxygen atoms in total. The van der Waals surface area contributed by atoms with E-state index in [1.165, 1.54) is 19.2 Å². The van der Waals surface area contributed by atoms with E-state index in [4.69, 9.17) is 9.47 Å². The van der Waals surface area contributed by atoms with Crippen molar-refractivity contribution in [1.82, 2.24) is 5.32 Å². The number of sulfone groups is 1. The number of carboxylic acid groups (broad SMARTS) is 1. The van der Waals surface area contributed by atoms with E-state index in [-0.39, 0.29) is 60.3 Å². The van der Waals surface area contributed by atoms with E-state index in [1.54, 1.807) is 0 Å². The molecule has 2 aromatic carbocycles. The summed E-state index contributed by atoms with van der Waals surface area (Å²) in [4.78, 5) is 37.7. The first-order valence-corrected chi connectivity index (χ1v) is 16.5. The Bertz CT molecular complexity index is 1660. The maximum Gasteiger partial charge on any atom is 0.501 e. The molecule has 3 aliphatic rings. The van der Waals surface area contributed by atoms with Crippen LogP contribution in [0.4, 0.5) is 23.2 Å². The van der Waals surface area contributed by atoms with Crippen LogP contribution in [0.25, 0.3) is 0 Å². The topological polar surface area (TPSA) is 168 Å². The molecule has 256 valence electrons. The summed E-state index contributed by atoms with van der Waals surface area (Å²) >= 11 is 0. The number of halogens is 4. The summed E-state index contributed by atoms with van der Waals surface area (Å²) in [6, 6.07) is 5.31. The van der Waals surface area contributed by atoms with E-state index in [1.807, 2.05) is 0 Å². The largest absolute Gasteiger partial charge is 0.501 e. The molecule has 3 fully saturated rings. The van der Waals surface area contributed by atoms with Crippen LogP contribution in [0.5, 0.6) is 11.5 Å². The number of aliphatic hydroxyl groups is 1. The summed E-state index contributed by atoms with van der Waals surface area (Å²) in [5.74, 6) is -4.62. The van der Waals surface area contributed by atoms with E-state index < -0.39 is 73.9 Å². The number of carbonyl (C=O) groups excluding carboxylic acids is 2. The third-order valence-electron chi connectivity index (χ3n) is 9.67. The predicted octanol–water partition coefficient (Wildman–Crippen LogP) is 4.30. The average molecular weight is 687 g/mol. The van der Waals surface area contributed by atoms with Crippen molar-refractivity contribution in [2.24, 2.45) is 23.2 Å². The number of benzene rings is 2. The summed E-state index contributed by atoms with van der Waals surface area (Å²) < 4.78 is 89.1. The number of carbonyl (C=O) groups is 3. The van der Waals surface area contributed by atoms with E-state index in [2.05, 4.69) is 10.6 Å². The molecule has 2 amide bonds. The average Bonchev–Trinajstić information content (AvgIpc) is 3.64. The van der Waals surface area contributed by atoms with Crippen molar-refractivity contribution >= 4 is 33.3 Å². The predicted molar refractivity (Wildman–Crippen MR) is 157 cm³/mol. The number of nitrogens with one attached hydrogen (secondary N) is 2. The van der Waals surface area contributed by atoms with Crippen molar-refractivity contribution in [3.63, 3.8) is 0 Å². The van der Waals surface area contributed by atoms with Crippen LogP contribution >= 0.6 is 0 Å². The molecule has 0 saturated heterocycles. The quantitative estimate of drug-likeness (QED) is 0.267. The number of fused-ring (bicyclic) bond motifs is 2. The van der Waals surface area contributed by atoms with Crippen molar-refractivity contribution in [3.8, 4) is 11.5 Å². The fourth-order valence-corrected chi connectivity index (χ4v) is 7.87. The number of aliphatic hydroxyl groups excluding tert-OH is 1.